The van der Waals surface area contributed by atoms with Crippen LogP contribution in [0.15, 0.2) is 53.9 Å². The van der Waals surface area contributed by atoms with E-state index >= 15 is 4.39 Å². The number of anilines is 2. The normalized spacial score (nSPS) is 12.0. The number of benzene rings is 2. The molecule has 0 bridgehead atoms. The van der Waals surface area contributed by atoms with Crippen molar-refractivity contribution < 1.29 is 28.6 Å². The fraction of sp³-hybridized carbons (Fsp3) is 0.355. The number of aliphatic hydroxyl groups is 1. The summed E-state index contributed by atoms with van der Waals surface area (Å²) in [5.41, 5.74) is 1.26. The highest BCUT2D eigenvalue weighted by atomic mass is 19.1. The third-order valence-corrected chi connectivity index (χ3v) is 6.13. The first-order valence-corrected chi connectivity index (χ1v) is 14.1. The van der Waals surface area contributed by atoms with E-state index in [0.29, 0.717) is 29.6 Å². The predicted octanol–water partition coefficient (Wildman–Crippen LogP) is 3.79. The van der Waals surface area contributed by atoms with Gasteiger partial charge >= 0.3 is 6.09 Å². The van der Waals surface area contributed by atoms with Gasteiger partial charge in [0.15, 0.2) is 17.4 Å². The lowest BCUT2D eigenvalue weighted by Gasteiger charge is -2.25. The Labute approximate surface area is 261 Å². The van der Waals surface area contributed by atoms with Crippen molar-refractivity contribution in [2.24, 2.45) is 5.10 Å². The van der Waals surface area contributed by atoms with Gasteiger partial charge in [0, 0.05) is 37.2 Å². The van der Waals surface area contributed by atoms with Crippen molar-refractivity contribution in [1.82, 2.24) is 20.6 Å². The van der Waals surface area contributed by atoms with Crippen molar-refractivity contribution >= 4 is 30.0 Å². The molecule has 14 heteroatoms. The van der Waals surface area contributed by atoms with Gasteiger partial charge in [0.05, 0.1) is 18.2 Å². The van der Waals surface area contributed by atoms with Gasteiger partial charge in [-0.15, -0.1) is 0 Å². The molecule has 1 heterocycles. The Morgan fingerprint density at radius 1 is 1.24 bits per heavy atom. The first-order valence-electron chi connectivity index (χ1n) is 14.1. The van der Waals surface area contributed by atoms with E-state index in [2.05, 4.69) is 37.1 Å². The van der Waals surface area contributed by atoms with Gasteiger partial charge in [-0.3, -0.25) is 4.79 Å². The number of aromatic nitrogens is 2. The fourth-order valence-electron chi connectivity index (χ4n) is 4.13. The van der Waals surface area contributed by atoms with Crippen LogP contribution in [0.2, 0.25) is 0 Å². The topological polar surface area (TPSA) is 174 Å². The third-order valence-electron chi connectivity index (χ3n) is 6.13. The number of rotatable bonds is 13. The summed E-state index contributed by atoms with van der Waals surface area (Å²) < 4.78 is 26.9. The number of hydrogen-bond acceptors (Lipinski definition) is 11. The van der Waals surface area contributed by atoms with Gasteiger partial charge in [-0.25, -0.2) is 24.2 Å². The molecular formula is C31H37FN8O5. The van der Waals surface area contributed by atoms with Crippen LogP contribution < -0.4 is 25.7 Å². The van der Waals surface area contributed by atoms with Crippen LogP contribution in [0.4, 0.5) is 20.8 Å². The van der Waals surface area contributed by atoms with Gasteiger partial charge in [0.25, 0.3) is 0 Å². The molecule has 13 nitrogen and oxygen atoms in total. The Balaban J connectivity index is 2.13. The lowest BCUT2D eigenvalue weighted by atomic mass is 9.99. The van der Waals surface area contributed by atoms with Crippen LogP contribution in [-0.4, -0.2) is 59.3 Å². The van der Waals surface area contributed by atoms with E-state index in [1.807, 2.05) is 6.92 Å². The zero-order valence-electron chi connectivity index (χ0n) is 25.8. The second-order valence-corrected chi connectivity index (χ2v) is 10.7. The molecule has 1 unspecified atom stereocenters. The van der Waals surface area contributed by atoms with Crippen molar-refractivity contribution in [2.75, 3.05) is 30.6 Å². The molecule has 0 saturated heterocycles. The fourth-order valence-corrected chi connectivity index (χ4v) is 4.13. The largest absolute Gasteiger partial charge is 0.488 e. The summed E-state index contributed by atoms with van der Waals surface area (Å²) in [4.78, 5) is 32.4. The number of nitrogens with zero attached hydrogens (tertiary/aromatic N) is 5. The van der Waals surface area contributed by atoms with Crippen molar-refractivity contribution in [2.45, 2.75) is 52.3 Å². The Bertz CT molecular complexity index is 1540. The number of aliphatic hydroxyl groups excluding tert-OH is 1. The maximum Gasteiger partial charge on any atom is 0.407 e. The summed E-state index contributed by atoms with van der Waals surface area (Å²) in [6, 6.07) is 10.6. The number of hydrazone groups is 1. The number of amides is 2. The minimum Gasteiger partial charge on any atom is -0.488 e. The molecule has 3 rings (SSSR count). The molecular weight excluding hydrogens is 583 g/mol. The number of nitrogens with one attached hydrogen (secondary N) is 3. The number of amidine groups is 1. The first kappa shape index (κ1) is 34.2. The van der Waals surface area contributed by atoms with Crippen LogP contribution in [0.5, 0.6) is 5.75 Å². The zero-order valence-corrected chi connectivity index (χ0v) is 25.8. The maximum atomic E-state index is 16.1. The molecule has 4 N–H and O–H groups in total. The van der Waals surface area contributed by atoms with E-state index in [-0.39, 0.29) is 42.9 Å². The molecule has 0 fully saturated rings. The highest BCUT2D eigenvalue weighted by Crippen LogP contribution is 2.31. The van der Waals surface area contributed by atoms with Crippen molar-refractivity contribution in [3.63, 3.8) is 0 Å². The average Bonchev–Trinajstić information content (AvgIpc) is 3.01. The van der Waals surface area contributed by atoms with Gasteiger partial charge in [-0.05, 0) is 68.7 Å². The van der Waals surface area contributed by atoms with E-state index in [1.54, 1.807) is 64.2 Å². The molecule has 1 atom stereocenters. The van der Waals surface area contributed by atoms with Gasteiger partial charge in [-0.1, -0.05) is 13.0 Å². The number of ether oxygens (including phenoxy) is 2. The molecule has 45 heavy (non-hydrogen) atoms. The predicted molar refractivity (Wildman–Crippen MR) is 166 cm³/mol. The smallest absolute Gasteiger partial charge is 0.407 e. The minimum absolute atomic E-state index is 0.0157. The highest BCUT2D eigenvalue weighted by molar-refractivity contribution is 5.97. The molecule has 1 aromatic heterocycles. The monoisotopic (exact) mass is 620 g/mol. The summed E-state index contributed by atoms with van der Waals surface area (Å²) in [6.07, 6.45) is 3.32. The Morgan fingerprint density at radius 2 is 1.98 bits per heavy atom. The summed E-state index contributed by atoms with van der Waals surface area (Å²) in [5.74, 6) is -0.627. The second kappa shape index (κ2) is 16.0. The van der Waals surface area contributed by atoms with Crippen LogP contribution in [-0.2, 0) is 22.5 Å². The molecule has 0 saturated carbocycles. The number of carbonyl (C=O) groups is 2. The number of halogens is 1. The lowest BCUT2D eigenvalue weighted by molar-refractivity contribution is -0.108. The van der Waals surface area contributed by atoms with Crippen LogP contribution in [0.25, 0.3) is 0 Å². The molecule has 0 aliphatic carbocycles. The first-order chi connectivity index (χ1) is 21.5. The molecule has 2 amide bonds. The maximum absolute atomic E-state index is 16.1. The molecule has 0 aliphatic heterocycles. The number of carbonyl (C=O) groups excluding carboxylic acids is 2. The number of hydrogen-bond donors (Lipinski definition) is 4. The van der Waals surface area contributed by atoms with E-state index in [1.165, 1.54) is 17.4 Å². The second-order valence-electron chi connectivity index (χ2n) is 10.7. The lowest BCUT2D eigenvalue weighted by Crippen LogP contribution is -2.36. The molecule has 3 aromatic rings. The van der Waals surface area contributed by atoms with Gasteiger partial charge in [0.1, 0.15) is 18.2 Å². The van der Waals surface area contributed by atoms with Crippen LogP contribution in [0.3, 0.4) is 0 Å². The van der Waals surface area contributed by atoms with E-state index in [9.17, 15) is 20.0 Å². The van der Waals surface area contributed by atoms with Gasteiger partial charge in [-0.2, -0.15) is 10.4 Å². The van der Waals surface area contributed by atoms with E-state index in [0.717, 1.165) is 5.56 Å². The van der Waals surface area contributed by atoms with Crippen LogP contribution >= 0.6 is 0 Å². The molecule has 2 aromatic carbocycles. The number of aryl methyl sites for hydroxylation is 1. The zero-order chi connectivity index (χ0) is 33.0. The van der Waals surface area contributed by atoms with E-state index < -0.39 is 23.6 Å². The average molecular weight is 621 g/mol. The SMILES string of the molecule is CCc1cc(OCCO)c(F)c(C(Nc2ccc(C#N)c(CNC(=O)OC(C)(C)C)c2)/C(=N/N(C)c2ncccn2)NC=O)c1. The van der Waals surface area contributed by atoms with Gasteiger partial charge in [0.2, 0.25) is 12.4 Å². The number of nitriles is 1. The molecule has 238 valence electrons. The minimum atomic E-state index is -1.12. The quantitative estimate of drug-likeness (QED) is 0.0953. The van der Waals surface area contributed by atoms with Crippen molar-refractivity contribution in [1.29, 1.82) is 5.26 Å². The highest BCUT2D eigenvalue weighted by Gasteiger charge is 2.27. The summed E-state index contributed by atoms with van der Waals surface area (Å²) >= 11 is 0. The van der Waals surface area contributed by atoms with E-state index in [4.69, 9.17) is 9.47 Å². The Kier molecular flexibility index (Phi) is 12.1. The third kappa shape index (κ3) is 9.87. The Morgan fingerprint density at radius 3 is 2.60 bits per heavy atom. The molecule has 0 radical (unpaired) electrons. The summed E-state index contributed by atoms with van der Waals surface area (Å²) in [5, 5.41) is 33.2. The van der Waals surface area contributed by atoms with Gasteiger partial charge < -0.3 is 30.5 Å². The standard InChI is InChI=1S/C31H37FN8O5/c1-6-20-14-24(26(32)25(15-20)44-13-12-41)27(28(37-19-42)39-40(5)29-34-10-7-11-35-29)38-23-9-8-21(17-33)22(16-23)18-36-30(43)45-31(2,3)4/h7-11,14-16,19,27,38,41H,6,12-13,18H2,1-5H3,(H,36,43)(H,37,39,42). The van der Waals surface area contributed by atoms with Crippen LogP contribution in [0.1, 0.15) is 56.0 Å². The Hall–Kier alpha value is -5.29. The van der Waals surface area contributed by atoms with Crippen molar-refractivity contribution in [3.8, 4) is 11.8 Å². The van der Waals surface area contributed by atoms with Crippen molar-refractivity contribution in [3.05, 3.63) is 76.9 Å². The molecule has 0 aliphatic rings. The number of alkyl carbamates (subject to hydrolysis) is 1. The summed E-state index contributed by atoms with van der Waals surface area (Å²) in [7, 11) is 1.57. The summed E-state index contributed by atoms with van der Waals surface area (Å²) in [6.45, 7) is 6.61. The molecule has 0 spiro atoms. The van der Waals surface area contributed by atoms with Crippen LogP contribution in [0, 0.1) is 17.1 Å².